The van der Waals surface area contributed by atoms with Gasteiger partial charge in [0.25, 0.3) is 0 Å². The molecule has 2 rings (SSSR count). The molecule has 0 unspecified atom stereocenters. The first-order chi connectivity index (χ1) is 11.7. The third-order valence-electron chi connectivity index (χ3n) is 3.14. The molecule has 8 heteroatoms. The molecular weight excluding hydrogens is 359 g/mol. The van der Waals surface area contributed by atoms with Gasteiger partial charge in [0.05, 0.1) is 16.8 Å². The Kier molecular flexibility index (Phi) is 5.48. The number of halogens is 4. The van der Waals surface area contributed by atoms with E-state index in [4.69, 9.17) is 16.7 Å². The number of carboxylic acids is 1. The second-order valence-electron chi connectivity index (χ2n) is 4.94. The number of carbonyl (C=O) groups is 2. The minimum atomic E-state index is -4.43. The molecule has 2 aromatic rings. The molecule has 0 heterocycles. The molecule has 0 atom stereocenters. The first-order valence-corrected chi connectivity index (χ1v) is 7.24. The van der Waals surface area contributed by atoms with Gasteiger partial charge in [0.1, 0.15) is 0 Å². The minimum absolute atomic E-state index is 0.0546. The molecule has 2 aromatic carbocycles. The SMILES string of the molecule is O=C(C=Cc1ccc(C(F)(F)F)cc1)Nc1ccc(Cl)cc1C(=O)O. The fourth-order valence-corrected chi connectivity index (χ4v) is 2.10. The molecule has 1 amide bonds. The summed E-state index contributed by atoms with van der Waals surface area (Å²) in [5.41, 5.74) is -0.526. The summed E-state index contributed by atoms with van der Waals surface area (Å²) in [6.45, 7) is 0. The van der Waals surface area contributed by atoms with Crippen LogP contribution >= 0.6 is 11.6 Å². The molecule has 0 aliphatic rings. The molecular formula is C17H11ClF3NO3. The van der Waals surface area contributed by atoms with E-state index >= 15 is 0 Å². The van der Waals surface area contributed by atoms with Crippen molar-refractivity contribution in [2.75, 3.05) is 5.32 Å². The lowest BCUT2D eigenvalue weighted by Crippen LogP contribution is -2.12. The Labute approximate surface area is 145 Å². The molecule has 25 heavy (non-hydrogen) atoms. The average Bonchev–Trinajstić information content (AvgIpc) is 2.54. The highest BCUT2D eigenvalue weighted by molar-refractivity contribution is 6.31. The van der Waals surface area contributed by atoms with Gasteiger partial charge < -0.3 is 10.4 Å². The molecule has 0 aliphatic heterocycles. The van der Waals surface area contributed by atoms with Gasteiger partial charge in [0, 0.05) is 11.1 Å². The summed E-state index contributed by atoms with van der Waals surface area (Å²) < 4.78 is 37.4. The maximum Gasteiger partial charge on any atom is 0.416 e. The van der Waals surface area contributed by atoms with Crippen molar-refractivity contribution < 1.29 is 27.9 Å². The van der Waals surface area contributed by atoms with Crippen molar-refractivity contribution >= 4 is 35.2 Å². The van der Waals surface area contributed by atoms with Gasteiger partial charge in [-0.1, -0.05) is 23.7 Å². The summed E-state index contributed by atoms with van der Waals surface area (Å²) >= 11 is 5.71. The topological polar surface area (TPSA) is 66.4 Å². The van der Waals surface area contributed by atoms with E-state index in [1.807, 2.05) is 0 Å². The number of anilines is 1. The molecule has 0 spiro atoms. The summed E-state index contributed by atoms with van der Waals surface area (Å²) in [5.74, 6) is -1.89. The Morgan fingerprint density at radius 3 is 2.28 bits per heavy atom. The van der Waals surface area contributed by atoms with Crippen molar-refractivity contribution in [1.29, 1.82) is 0 Å². The zero-order chi connectivity index (χ0) is 18.6. The van der Waals surface area contributed by atoms with Crippen molar-refractivity contribution in [3.8, 4) is 0 Å². The maximum atomic E-state index is 12.5. The second-order valence-corrected chi connectivity index (χ2v) is 5.37. The third-order valence-corrected chi connectivity index (χ3v) is 3.37. The number of amides is 1. The van der Waals surface area contributed by atoms with E-state index in [0.29, 0.717) is 5.56 Å². The first kappa shape index (κ1) is 18.5. The van der Waals surface area contributed by atoms with Gasteiger partial charge in [0.15, 0.2) is 0 Å². The van der Waals surface area contributed by atoms with E-state index in [9.17, 15) is 22.8 Å². The number of benzene rings is 2. The van der Waals surface area contributed by atoms with Crippen molar-refractivity contribution in [2.45, 2.75) is 6.18 Å². The Morgan fingerprint density at radius 1 is 1.08 bits per heavy atom. The van der Waals surface area contributed by atoms with Crippen LogP contribution < -0.4 is 5.32 Å². The van der Waals surface area contributed by atoms with Gasteiger partial charge in [-0.2, -0.15) is 13.2 Å². The zero-order valence-electron chi connectivity index (χ0n) is 12.5. The van der Waals surface area contributed by atoms with Crippen LogP contribution in [0.4, 0.5) is 18.9 Å². The van der Waals surface area contributed by atoms with Gasteiger partial charge in [-0.15, -0.1) is 0 Å². The second kappa shape index (κ2) is 7.40. The highest BCUT2D eigenvalue weighted by Crippen LogP contribution is 2.29. The van der Waals surface area contributed by atoms with Gasteiger partial charge in [0.2, 0.25) is 5.91 Å². The van der Waals surface area contributed by atoms with Gasteiger partial charge in [-0.3, -0.25) is 4.79 Å². The maximum absolute atomic E-state index is 12.5. The van der Waals surface area contributed by atoms with Crippen LogP contribution in [-0.4, -0.2) is 17.0 Å². The van der Waals surface area contributed by atoms with E-state index in [0.717, 1.165) is 18.2 Å². The third kappa shape index (κ3) is 5.09. The van der Waals surface area contributed by atoms with Crippen molar-refractivity contribution in [2.24, 2.45) is 0 Å². The van der Waals surface area contributed by atoms with Crippen molar-refractivity contribution in [3.63, 3.8) is 0 Å². The van der Waals surface area contributed by atoms with Gasteiger partial charge in [-0.25, -0.2) is 4.79 Å². The molecule has 0 saturated heterocycles. The molecule has 0 radical (unpaired) electrons. The van der Waals surface area contributed by atoms with Crippen molar-refractivity contribution in [1.82, 2.24) is 0 Å². The number of nitrogens with one attached hydrogen (secondary N) is 1. The highest BCUT2D eigenvalue weighted by Gasteiger charge is 2.29. The van der Waals surface area contributed by atoms with Gasteiger partial charge in [-0.05, 0) is 42.0 Å². The smallest absolute Gasteiger partial charge is 0.416 e. The fraction of sp³-hybridized carbons (Fsp3) is 0.0588. The normalized spacial score (nSPS) is 11.5. The van der Waals surface area contributed by atoms with Crippen LogP contribution in [0, 0.1) is 0 Å². The number of carbonyl (C=O) groups excluding carboxylic acids is 1. The Bertz CT molecular complexity index is 830. The van der Waals surface area contributed by atoms with Crippen LogP contribution in [0.3, 0.4) is 0 Å². The predicted octanol–water partition coefficient (Wildman–Crippen LogP) is 4.71. The Morgan fingerprint density at radius 2 is 1.72 bits per heavy atom. The van der Waals surface area contributed by atoms with Crippen LogP contribution in [0.5, 0.6) is 0 Å². The van der Waals surface area contributed by atoms with E-state index in [1.165, 1.54) is 36.4 Å². The van der Waals surface area contributed by atoms with E-state index in [2.05, 4.69) is 5.32 Å². The van der Waals surface area contributed by atoms with E-state index in [-0.39, 0.29) is 16.3 Å². The lowest BCUT2D eigenvalue weighted by atomic mass is 10.1. The molecule has 0 saturated carbocycles. The molecule has 0 aromatic heterocycles. The van der Waals surface area contributed by atoms with Crippen LogP contribution in [0.25, 0.3) is 6.08 Å². The quantitative estimate of drug-likeness (QED) is 0.767. The molecule has 0 bridgehead atoms. The molecule has 0 aliphatic carbocycles. The first-order valence-electron chi connectivity index (χ1n) is 6.86. The summed E-state index contributed by atoms with van der Waals surface area (Å²) in [4.78, 5) is 23.0. The van der Waals surface area contributed by atoms with E-state index < -0.39 is 23.6 Å². The summed E-state index contributed by atoms with van der Waals surface area (Å²) in [6, 6.07) is 8.20. The molecule has 130 valence electrons. The van der Waals surface area contributed by atoms with Crippen LogP contribution in [-0.2, 0) is 11.0 Å². The largest absolute Gasteiger partial charge is 0.478 e. The predicted molar refractivity (Wildman–Crippen MR) is 87.5 cm³/mol. The lowest BCUT2D eigenvalue weighted by Gasteiger charge is -2.07. The van der Waals surface area contributed by atoms with Gasteiger partial charge >= 0.3 is 12.1 Å². The lowest BCUT2D eigenvalue weighted by molar-refractivity contribution is -0.137. The monoisotopic (exact) mass is 369 g/mol. The minimum Gasteiger partial charge on any atom is -0.478 e. The number of hydrogen-bond acceptors (Lipinski definition) is 2. The fourth-order valence-electron chi connectivity index (χ4n) is 1.93. The standard InChI is InChI=1S/C17H11ClF3NO3/c18-12-6-7-14(13(9-12)16(24)25)22-15(23)8-3-10-1-4-11(5-2-10)17(19,20)21/h1-9H,(H,22,23)(H,24,25). The Hall–Kier alpha value is -2.80. The van der Waals surface area contributed by atoms with Crippen molar-refractivity contribution in [3.05, 3.63) is 70.3 Å². The number of rotatable bonds is 4. The van der Waals surface area contributed by atoms with Crippen LogP contribution in [0.15, 0.2) is 48.5 Å². The zero-order valence-corrected chi connectivity index (χ0v) is 13.2. The van der Waals surface area contributed by atoms with Crippen LogP contribution in [0.1, 0.15) is 21.5 Å². The number of carboxylic acid groups (broad SMARTS) is 1. The summed E-state index contributed by atoms with van der Waals surface area (Å²) in [7, 11) is 0. The number of alkyl halides is 3. The summed E-state index contributed by atoms with van der Waals surface area (Å²) in [5, 5.41) is 11.7. The van der Waals surface area contributed by atoms with E-state index in [1.54, 1.807) is 0 Å². The average molecular weight is 370 g/mol. The number of aromatic carboxylic acids is 1. The summed E-state index contributed by atoms with van der Waals surface area (Å²) in [6.07, 6.45) is -2.03. The Balaban J connectivity index is 2.10. The highest BCUT2D eigenvalue weighted by atomic mass is 35.5. The molecule has 4 nitrogen and oxygen atoms in total. The molecule has 0 fully saturated rings. The van der Waals surface area contributed by atoms with Crippen LogP contribution in [0.2, 0.25) is 5.02 Å². The number of hydrogen-bond donors (Lipinski definition) is 2. The molecule has 2 N–H and O–H groups in total.